The zero-order valence-corrected chi connectivity index (χ0v) is 21.9. The average Bonchev–Trinajstić information content (AvgIpc) is 2.89. The number of carbonyl (C=O) groups is 2. The van der Waals surface area contributed by atoms with E-state index in [1.54, 1.807) is 31.2 Å². The van der Waals surface area contributed by atoms with Crippen molar-refractivity contribution in [3.8, 4) is 5.75 Å². The molecule has 10 heteroatoms. The minimum atomic E-state index is -1.38. The standard InChI is InChI=1S/C27H39NO9/c1-17-11-13-22(30)25(31)21(29)10-7-9-20-19(8-5-6-15-35-27(33)28-3)12-14-23(36-16-34-4)24(20)26(32)37-18(17)2/h7,9,11-14,17-18,21-22,25,29-31H,5-6,8,10,15-16H2,1-4H3,(H,28,33)/b9-7+,13-11-/t17-,18+,21+,22?,25+/m1/s1. The molecule has 0 saturated heterocycles. The number of amides is 1. The van der Waals surface area contributed by atoms with Crippen LogP contribution < -0.4 is 10.1 Å². The number of ether oxygens (including phenoxy) is 4. The van der Waals surface area contributed by atoms with Crippen LogP contribution in [0.5, 0.6) is 5.75 Å². The fraction of sp³-hybridized carbons (Fsp3) is 0.556. The highest BCUT2D eigenvalue weighted by molar-refractivity contribution is 5.97. The maximum Gasteiger partial charge on any atom is 0.406 e. The van der Waals surface area contributed by atoms with Gasteiger partial charge in [-0.1, -0.05) is 37.3 Å². The van der Waals surface area contributed by atoms with E-state index in [4.69, 9.17) is 18.9 Å². The summed E-state index contributed by atoms with van der Waals surface area (Å²) in [6, 6.07) is 3.53. The SMILES string of the molecule is CNC(=O)OCCCCc1ccc(OCOC)c2c1/C=C/C[C@H](O)[C@H](O)C(O)/C=C\[C@@H](C)[C@H](C)OC2=O. The van der Waals surface area contributed by atoms with Crippen LogP contribution in [-0.4, -0.2) is 79.4 Å². The van der Waals surface area contributed by atoms with Crippen molar-refractivity contribution in [1.29, 1.82) is 0 Å². The smallest absolute Gasteiger partial charge is 0.406 e. The topological polar surface area (TPSA) is 144 Å². The van der Waals surface area contributed by atoms with Crippen LogP contribution in [0, 0.1) is 5.92 Å². The molecule has 0 bridgehead atoms. The average molecular weight is 522 g/mol. The van der Waals surface area contributed by atoms with E-state index in [1.165, 1.54) is 20.2 Å². The summed E-state index contributed by atoms with van der Waals surface area (Å²) in [7, 11) is 2.97. The predicted molar refractivity (Wildman–Crippen MR) is 137 cm³/mol. The summed E-state index contributed by atoms with van der Waals surface area (Å²) in [6.07, 6.45) is 3.32. The summed E-state index contributed by atoms with van der Waals surface area (Å²) in [5, 5.41) is 33.4. The first-order valence-corrected chi connectivity index (χ1v) is 12.4. The summed E-state index contributed by atoms with van der Waals surface area (Å²) in [6.45, 7) is 3.73. The van der Waals surface area contributed by atoms with Gasteiger partial charge in [0.1, 0.15) is 29.6 Å². The number of nitrogens with one attached hydrogen (secondary N) is 1. The van der Waals surface area contributed by atoms with Crippen LogP contribution in [0.4, 0.5) is 4.79 Å². The van der Waals surface area contributed by atoms with Gasteiger partial charge in [0, 0.05) is 20.1 Å². The van der Waals surface area contributed by atoms with Crippen molar-refractivity contribution in [2.75, 3.05) is 27.6 Å². The first kappa shape index (κ1) is 30.3. The van der Waals surface area contributed by atoms with E-state index in [9.17, 15) is 24.9 Å². The Labute approximate surface area is 217 Å². The third-order valence-electron chi connectivity index (χ3n) is 6.16. The number of esters is 1. The molecule has 1 aromatic carbocycles. The summed E-state index contributed by atoms with van der Waals surface area (Å²) in [4.78, 5) is 24.7. The second kappa shape index (κ2) is 15.4. The molecule has 0 saturated carbocycles. The Morgan fingerprint density at radius 3 is 2.62 bits per heavy atom. The number of carbonyl (C=O) groups excluding carboxylic acids is 2. The lowest BCUT2D eigenvalue weighted by Gasteiger charge is -2.23. The van der Waals surface area contributed by atoms with Crippen LogP contribution in [-0.2, 0) is 20.6 Å². The van der Waals surface area contributed by atoms with Gasteiger partial charge in [0.2, 0.25) is 0 Å². The van der Waals surface area contributed by atoms with E-state index < -0.39 is 36.5 Å². The third kappa shape index (κ3) is 9.15. The van der Waals surface area contributed by atoms with Crippen molar-refractivity contribution in [1.82, 2.24) is 5.32 Å². The molecule has 0 spiro atoms. The zero-order chi connectivity index (χ0) is 27.4. The second-order valence-corrected chi connectivity index (χ2v) is 8.95. The van der Waals surface area contributed by atoms with Gasteiger partial charge >= 0.3 is 12.1 Å². The van der Waals surface area contributed by atoms with Crippen LogP contribution in [0.3, 0.4) is 0 Å². The van der Waals surface area contributed by atoms with Crippen LogP contribution >= 0.6 is 0 Å². The highest BCUT2D eigenvalue weighted by Gasteiger charge is 2.26. The molecular formula is C27H39NO9. The Balaban J connectivity index is 2.45. The van der Waals surface area contributed by atoms with E-state index in [0.29, 0.717) is 24.8 Å². The molecule has 1 unspecified atom stereocenters. The van der Waals surface area contributed by atoms with Gasteiger partial charge < -0.3 is 39.6 Å². The molecule has 0 fully saturated rings. The van der Waals surface area contributed by atoms with Gasteiger partial charge in [0.25, 0.3) is 0 Å². The van der Waals surface area contributed by atoms with Gasteiger partial charge in [-0.05, 0) is 49.8 Å². The maximum atomic E-state index is 13.4. The third-order valence-corrected chi connectivity index (χ3v) is 6.16. The molecule has 2 rings (SSSR count). The molecule has 1 aliphatic rings. The van der Waals surface area contributed by atoms with Crippen molar-refractivity contribution in [3.63, 3.8) is 0 Å². The zero-order valence-electron chi connectivity index (χ0n) is 21.9. The number of unbranched alkanes of at least 4 members (excludes halogenated alkanes) is 1. The minimum absolute atomic E-state index is 0.0368. The van der Waals surface area contributed by atoms with E-state index in [1.807, 2.05) is 13.0 Å². The molecule has 206 valence electrons. The number of methoxy groups -OCH3 is 1. The summed E-state index contributed by atoms with van der Waals surface area (Å²) < 4.78 is 21.5. The lowest BCUT2D eigenvalue weighted by atomic mass is 9.94. The quantitative estimate of drug-likeness (QED) is 0.176. The Kier molecular flexibility index (Phi) is 12.6. The maximum absolute atomic E-state index is 13.4. The summed E-state index contributed by atoms with van der Waals surface area (Å²) in [5.74, 6) is -0.574. The lowest BCUT2D eigenvalue weighted by molar-refractivity contribution is -0.0395. The number of cyclic esters (lactones) is 1. The molecule has 4 N–H and O–H groups in total. The van der Waals surface area contributed by atoms with Crippen LogP contribution in [0.2, 0.25) is 0 Å². The number of aryl methyl sites for hydroxylation is 1. The molecule has 5 atom stereocenters. The van der Waals surface area contributed by atoms with Crippen molar-refractivity contribution in [2.45, 2.75) is 63.9 Å². The summed E-state index contributed by atoms with van der Waals surface area (Å²) >= 11 is 0. The number of aliphatic hydroxyl groups excluding tert-OH is 3. The van der Waals surface area contributed by atoms with Crippen LogP contribution in [0.15, 0.2) is 30.4 Å². The molecule has 0 aromatic heterocycles. The number of aliphatic hydroxyl groups is 3. The van der Waals surface area contributed by atoms with E-state index in [0.717, 1.165) is 5.56 Å². The minimum Gasteiger partial charge on any atom is -0.467 e. The molecule has 1 heterocycles. The predicted octanol–water partition coefficient (Wildman–Crippen LogP) is 2.59. The number of benzene rings is 1. The number of hydrogen-bond acceptors (Lipinski definition) is 9. The van der Waals surface area contributed by atoms with Gasteiger partial charge in [-0.25, -0.2) is 9.59 Å². The Hall–Kier alpha value is -2.92. The van der Waals surface area contributed by atoms with Crippen molar-refractivity contribution >= 4 is 18.1 Å². The first-order valence-electron chi connectivity index (χ1n) is 12.4. The highest BCUT2D eigenvalue weighted by Crippen LogP contribution is 2.31. The number of rotatable bonds is 8. The molecule has 10 nitrogen and oxygen atoms in total. The molecule has 37 heavy (non-hydrogen) atoms. The molecule has 1 aromatic rings. The van der Waals surface area contributed by atoms with E-state index in [-0.39, 0.29) is 37.1 Å². The van der Waals surface area contributed by atoms with Crippen LogP contribution in [0.1, 0.15) is 54.6 Å². The second-order valence-electron chi connectivity index (χ2n) is 8.95. The van der Waals surface area contributed by atoms with E-state index >= 15 is 0 Å². The van der Waals surface area contributed by atoms with Crippen LogP contribution in [0.25, 0.3) is 6.08 Å². The summed E-state index contributed by atoms with van der Waals surface area (Å²) in [5.41, 5.74) is 1.61. The Morgan fingerprint density at radius 2 is 1.92 bits per heavy atom. The molecule has 0 radical (unpaired) electrons. The normalized spacial score (nSPS) is 26.2. The van der Waals surface area contributed by atoms with Crippen molar-refractivity contribution < 1.29 is 43.9 Å². The van der Waals surface area contributed by atoms with Crippen molar-refractivity contribution in [2.24, 2.45) is 5.92 Å². The monoisotopic (exact) mass is 521 g/mol. The number of hydrogen-bond donors (Lipinski definition) is 4. The molecule has 1 amide bonds. The molecule has 1 aliphatic heterocycles. The largest absolute Gasteiger partial charge is 0.467 e. The first-order chi connectivity index (χ1) is 17.7. The van der Waals surface area contributed by atoms with Crippen molar-refractivity contribution in [3.05, 3.63) is 47.1 Å². The fourth-order valence-electron chi connectivity index (χ4n) is 3.75. The van der Waals surface area contributed by atoms with E-state index in [2.05, 4.69) is 5.32 Å². The molecular weight excluding hydrogens is 482 g/mol. The fourth-order valence-corrected chi connectivity index (χ4v) is 3.75. The lowest BCUT2D eigenvalue weighted by Crippen LogP contribution is -2.36. The van der Waals surface area contributed by atoms with Gasteiger partial charge in [-0.3, -0.25) is 0 Å². The molecule has 0 aliphatic carbocycles. The van der Waals surface area contributed by atoms with Gasteiger partial charge in [-0.2, -0.15) is 0 Å². The highest BCUT2D eigenvalue weighted by atomic mass is 16.7. The van der Waals surface area contributed by atoms with Gasteiger partial charge in [0.05, 0.1) is 12.7 Å². The Bertz CT molecular complexity index is 946. The van der Waals surface area contributed by atoms with Gasteiger partial charge in [0.15, 0.2) is 6.79 Å². The number of alkyl carbamates (subject to hydrolysis) is 1. The number of fused-ring (bicyclic) bond motifs is 1. The van der Waals surface area contributed by atoms with Gasteiger partial charge in [-0.15, -0.1) is 0 Å². The Morgan fingerprint density at radius 1 is 1.16 bits per heavy atom.